The summed E-state index contributed by atoms with van der Waals surface area (Å²) in [6.07, 6.45) is 25.9. The fraction of sp³-hybridized carbons (Fsp3) is 1.00. The molecule has 0 spiro atoms. The SMILES string of the molecule is Br.CCCCCCCCCCCCCCCCC(CC)C(P)(CC)CC. The number of rotatable bonds is 19. The highest BCUT2D eigenvalue weighted by Crippen LogP contribution is 2.39. The molecule has 26 heavy (non-hydrogen) atoms. The van der Waals surface area contributed by atoms with Crippen LogP contribution in [0.1, 0.15) is 143 Å². The highest BCUT2D eigenvalue weighted by Gasteiger charge is 2.28. The molecule has 0 aromatic heterocycles. The van der Waals surface area contributed by atoms with Gasteiger partial charge in [-0.3, -0.25) is 0 Å². The van der Waals surface area contributed by atoms with Gasteiger partial charge in [-0.25, -0.2) is 0 Å². The van der Waals surface area contributed by atoms with E-state index in [1.807, 2.05) is 0 Å². The monoisotopic (exact) mass is 450 g/mol. The average molecular weight is 452 g/mol. The number of hydrogen-bond acceptors (Lipinski definition) is 0. The van der Waals surface area contributed by atoms with Gasteiger partial charge in [0, 0.05) is 0 Å². The first-order valence-corrected chi connectivity index (χ1v) is 12.5. The van der Waals surface area contributed by atoms with E-state index in [0.717, 1.165) is 5.92 Å². The Morgan fingerprint density at radius 2 is 0.923 bits per heavy atom. The van der Waals surface area contributed by atoms with Crippen molar-refractivity contribution in [1.29, 1.82) is 0 Å². The normalized spacial score (nSPS) is 12.8. The van der Waals surface area contributed by atoms with Crippen LogP contribution in [-0.2, 0) is 0 Å². The molecule has 0 rings (SSSR count). The van der Waals surface area contributed by atoms with Crippen LogP contribution in [0.3, 0.4) is 0 Å². The van der Waals surface area contributed by atoms with Crippen LogP contribution in [0.4, 0.5) is 0 Å². The maximum Gasteiger partial charge on any atom is -0.0127 e. The Labute approximate surface area is 180 Å². The molecule has 2 heteroatoms. The molecule has 2 atom stereocenters. The van der Waals surface area contributed by atoms with Gasteiger partial charge in [0.05, 0.1) is 0 Å². The van der Waals surface area contributed by atoms with Crippen molar-refractivity contribution in [3.05, 3.63) is 0 Å². The van der Waals surface area contributed by atoms with Gasteiger partial charge in [0.25, 0.3) is 0 Å². The lowest BCUT2D eigenvalue weighted by Crippen LogP contribution is -2.29. The Kier molecular flexibility index (Phi) is 23.1. The molecule has 0 aliphatic carbocycles. The molecule has 0 saturated carbocycles. The Hall–Kier alpha value is 0.910. The van der Waals surface area contributed by atoms with Gasteiger partial charge < -0.3 is 0 Å². The van der Waals surface area contributed by atoms with Crippen LogP contribution < -0.4 is 0 Å². The highest BCUT2D eigenvalue weighted by atomic mass is 79.9. The molecular formula is C24H52BrP. The van der Waals surface area contributed by atoms with Gasteiger partial charge in [-0.05, 0) is 30.3 Å². The second-order valence-electron chi connectivity index (χ2n) is 8.43. The lowest BCUT2D eigenvalue weighted by atomic mass is 9.81. The lowest BCUT2D eigenvalue weighted by molar-refractivity contribution is 0.313. The summed E-state index contributed by atoms with van der Waals surface area (Å²) >= 11 is 0. The molecule has 0 heterocycles. The molecule has 0 radical (unpaired) electrons. The average Bonchev–Trinajstić information content (AvgIpc) is 2.64. The molecule has 0 N–H and O–H groups in total. The Balaban J connectivity index is 0. The molecule has 160 valence electrons. The van der Waals surface area contributed by atoms with Crippen LogP contribution in [-0.4, -0.2) is 5.16 Å². The van der Waals surface area contributed by atoms with Gasteiger partial charge in [-0.2, -0.15) is 0 Å². The third-order valence-corrected chi connectivity index (χ3v) is 7.82. The van der Waals surface area contributed by atoms with Crippen molar-refractivity contribution in [2.75, 3.05) is 0 Å². The zero-order chi connectivity index (χ0) is 18.8. The molecule has 0 bridgehead atoms. The highest BCUT2D eigenvalue weighted by molar-refractivity contribution is 8.93. The van der Waals surface area contributed by atoms with Crippen LogP contribution in [0.15, 0.2) is 0 Å². The quantitative estimate of drug-likeness (QED) is 0.135. The van der Waals surface area contributed by atoms with Crippen LogP contribution in [0, 0.1) is 5.92 Å². The number of halogens is 1. The maximum atomic E-state index is 3.20. The van der Waals surface area contributed by atoms with E-state index in [1.54, 1.807) is 0 Å². The van der Waals surface area contributed by atoms with Crippen LogP contribution >= 0.6 is 26.2 Å². The van der Waals surface area contributed by atoms with Crippen molar-refractivity contribution in [2.45, 2.75) is 148 Å². The number of hydrogen-bond donors (Lipinski definition) is 0. The van der Waals surface area contributed by atoms with E-state index in [2.05, 4.69) is 36.9 Å². The Morgan fingerprint density at radius 3 is 1.23 bits per heavy atom. The molecular weight excluding hydrogens is 399 g/mol. The van der Waals surface area contributed by atoms with E-state index in [-0.39, 0.29) is 17.0 Å². The minimum atomic E-state index is 0. The predicted molar refractivity (Wildman–Crippen MR) is 132 cm³/mol. The summed E-state index contributed by atoms with van der Waals surface area (Å²) in [5.41, 5.74) is 0. The predicted octanol–water partition coefficient (Wildman–Crippen LogP) is 9.90. The van der Waals surface area contributed by atoms with Gasteiger partial charge >= 0.3 is 0 Å². The van der Waals surface area contributed by atoms with Gasteiger partial charge in [-0.15, -0.1) is 26.2 Å². The third-order valence-electron chi connectivity index (χ3n) is 6.53. The molecule has 0 aliphatic rings. The fourth-order valence-electron chi connectivity index (χ4n) is 4.31. The van der Waals surface area contributed by atoms with Crippen molar-refractivity contribution in [1.82, 2.24) is 0 Å². The summed E-state index contributed by atoms with van der Waals surface area (Å²) in [6.45, 7) is 9.42. The number of unbranched alkanes of at least 4 members (excludes halogenated alkanes) is 13. The summed E-state index contributed by atoms with van der Waals surface area (Å²) < 4.78 is 0. The summed E-state index contributed by atoms with van der Waals surface area (Å²) in [7, 11) is 3.20. The minimum Gasteiger partial charge on any atom is -0.131 e. The van der Waals surface area contributed by atoms with E-state index in [9.17, 15) is 0 Å². The van der Waals surface area contributed by atoms with E-state index >= 15 is 0 Å². The molecule has 0 fully saturated rings. The summed E-state index contributed by atoms with van der Waals surface area (Å²) in [4.78, 5) is 0. The van der Waals surface area contributed by atoms with Crippen molar-refractivity contribution >= 4 is 26.2 Å². The minimum absolute atomic E-state index is 0. The second kappa shape index (κ2) is 20.6. The van der Waals surface area contributed by atoms with Crippen molar-refractivity contribution in [2.24, 2.45) is 5.92 Å². The molecule has 0 saturated heterocycles. The fourth-order valence-corrected chi connectivity index (χ4v) is 4.71. The Bertz CT molecular complexity index is 263. The van der Waals surface area contributed by atoms with Gasteiger partial charge in [0.15, 0.2) is 0 Å². The largest absolute Gasteiger partial charge is 0.131 e. The summed E-state index contributed by atoms with van der Waals surface area (Å²) in [6, 6.07) is 0. The topological polar surface area (TPSA) is 0 Å². The van der Waals surface area contributed by atoms with Crippen LogP contribution in [0.2, 0.25) is 0 Å². The standard InChI is InChI=1S/C24H51P.BrH/c1-5-9-10-11-12-13-14-15-16-17-18-19-20-21-22-23(6-2)24(25,7-3)8-4;/h23H,5-22,25H2,1-4H3;1H. The Morgan fingerprint density at radius 1 is 0.577 bits per heavy atom. The summed E-state index contributed by atoms with van der Waals surface area (Å²) in [5, 5.41) is 0.505. The van der Waals surface area contributed by atoms with E-state index < -0.39 is 0 Å². The first kappa shape index (κ1) is 29.1. The lowest BCUT2D eigenvalue weighted by Gasteiger charge is -2.36. The van der Waals surface area contributed by atoms with E-state index in [4.69, 9.17) is 0 Å². The molecule has 0 aromatic rings. The van der Waals surface area contributed by atoms with Crippen molar-refractivity contribution in [3.63, 3.8) is 0 Å². The van der Waals surface area contributed by atoms with E-state index in [0.29, 0.717) is 5.16 Å². The smallest absolute Gasteiger partial charge is 0.0127 e. The molecule has 0 aromatic carbocycles. The molecule has 0 nitrogen and oxygen atoms in total. The van der Waals surface area contributed by atoms with Gasteiger partial charge in [0.2, 0.25) is 0 Å². The van der Waals surface area contributed by atoms with Gasteiger partial charge in [-0.1, -0.05) is 124 Å². The molecule has 2 unspecified atom stereocenters. The van der Waals surface area contributed by atoms with Crippen molar-refractivity contribution in [3.8, 4) is 0 Å². The van der Waals surface area contributed by atoms with Gasteiger partial charge in [0.1, 0.15) is 0 Å². The maximum absolute atomic E-state index is 3.20. The molecule has 0 amide bonds. The zero-order valence-electron chi connectivity index (χ0n) is 18.8. The van der Waals surface area contributed by atoms with Crippen LogP contribution in [0.25, 0.3) is 0 Å². The zero-order valence-corrected chi connectivity index (χ0v) is 21.7. The molecule has 0 aliphatic heterocycles. The summed E-state index contributed by atoms with van der Waals surface area (Å²) in [5.74, 6) is 0.907. The van der Waals surface area contributed by atoms with Crippen LogP contribution in [0.5, 0.6) is 0 Å². The van der Waals surface area contributed by atoms with E-state index in [1.165, 1.54) is 116 Å². The first-order chi connectivity index (χ1) is 12.1. The van der Waals surface area contributed by atoms with Crippen molar-refractivity contribution < 1.29 is 0 Å². The second-order valence-corrected chi connectivity index (χ2v) is 9.58. The first-order valence-electron chi connectivity index (χ1n) is 11.9. The third kappa shape index (κ3) is 14.9.